The van der Waals surface area contributed by atoms with Crippen molar-refractivity contribution < 1.29 is 18.8 Å². The molecule has 1 aliphatic rings. The zero-order valence-corrected chi connectivity index (χ0v) is 19.1. The summed E-state index contributed by atoms with van der Waals surface area (Å²) in [7, 11) is 1.37. The van der Waals surface area contributed by atoms with E-state index in [0.29, 0.717) is 54.9 Å². The van der Waals surface area contributed by atoms with E-state index >= 15 is 0 Å². The first kappa shape index (κ1) is 22.4. The number of ether oxygens (including phenoxy) is 1. The maximum atomic E-state index is 12.7. The molecule has 168 valence electrons. The summed E-state index contributed by atoms with van der Waals surface area (Å²) in [6.07, 6.45) is 0.679. The Balaban J connectivity index is 1.33. The predicted molar refractivity (Wildman–Crippen MR) is 120 cm³/mol. The Morgan fingerprint density at radius 3 is 2.66 bits per heavy atom. The van der Waals surface area contributed by atoms with Gasteiger partial charge in [0.15, 0.2) is 0 Å². The number of methoxy groups -OCH3 is 1. The van der Waals surface area contributed by atoms with Crippen LogP contribution in [0.5, 0.6) is 0 Å². The number of thiophene rings is 1. The van der Waals surface area contributed by atoms with Gasteiger partial charge in [-0.2, -0.15) is 4.98 Å². The van der Waals surface area contributed by atoms with Crippen molar-refractivity contribution in [3.63, 3.8) is 0 Å². The van der Waals surface area contributed by atoms with E-state index < -0.39 is 6.04 Å². The molecule has 1 unspecified atom stereocenters. The van der Waals surface area contributed by atoms with Crippen LogP contribution in [0.25, 0.3) is 10.7 Å². The van der Waals surface area contributed by atoms with Gasteiger partial charge in [-0.1, -0.05) is 41.0 Å². The number of piperazine rings is 1. The van der Waals surface area contributed by atoms with E-state index in [2.05, 4.69) is 10.1 Å². The quantitative estimate of drug-likeness (QED) is 0.484. The fourth-order valence-corrected chi connectivity index (χ4v) is 4.63. The average molecular weight is 475 g/mol. The Morgan fingerprint density at radius 1 is 1.19 bits per heavy atom. The fourth-order valence-electron chi connectivity index (χ4n) is 3.74. The van der Waals surface area contributed by atoms with Crippen LogP contribution in [0, 0.1) is 0 Å². The maximum absolute atomic E-state index is 12.7. The normalized spacial score (nSPS) is 15.5. The molecule has 10 heteroatoms. The monoisotopic (exact) mass is 474 g/mol. The third-order valence-corrected chi connectivity index (χ3v) is 6.63. The van der Waals surface area contributed by atoms with Crippen LogP contribution in [0.15, 0.2) is 46.3 Å². The number of benzene rings is 1. The molecule has 0 radical (unpaired) electrons. The van der Waals surface area contributed by atoms with Crippen molar-refractivity contribution in [2.75, 3.05) is 33.3 Å². The van der Waals surface area contributed by atoms with Gasteiger partial charge in [-0.05, 0) is 23.1 Å². The second kappa shape index (κ2) is 10.2. The van der Waals surface area contributed by atoms with Crippen LogP contribution in [-0.4, -0.2) is 65.1 Å². The van der Waals surface area contributed by atoms with Crippen molar-refractivity contribution in [3.05, 3.63) is 58.3 Å². The van der Waals surface area contributed by atoms with Gasteiger partial charge in [0.05, 0.1) is 12.0 Å². The van der Waals surface area contributed by atoms with Gasteiger partial charge in [-0.25, -0.2) is 4.79 Å². The van der Waals surface area contributed by atoms with E-state index in [-0.39, 0.29) is 18.3 Å². The molecule has 1 atom stereocenters. The van der Waals surface area contributed by atoms with Gasteiger partial charge in [-0.15, -0.1) is 11.3 Å². The zero-order chi connectivity index (χ0) is 22.5. The van der Waals surface area contributed by atoms with Gasteiger partial charge < -0.3 is 14.2 Å². The summed E-state index contributed by atoms with van der Waals surface area (Å²) < 4.78 is 10.3. The molecule has 0 bridgehead atoms. The molecule has 1 fully saturated rings. The summed E-state index contributed by atoms with van der Waals surface area (Å²) in [4.78, 5) is 34.3. The molecule has 1 saturated heterocycles. The Hall–Kier alpha value is -2.75. The highest BCUT2D eigenvalue weighted by Crippen LogP contribution is 2.29. The number of carbonyl (C=O) groups is 2. The first-order valence-corrected chi connectivity index (χ1v) is 11.5. The van der Waals surface area contributed by atoms with Crippen molar-refractivity contribution in [2.45, 2.75) is 18.9 Å². The second-order valence-corrected chi connectivity index (χ2v) is 8.71. The molecule has 0 spiro atoms. The Bertz CT molecular complexity index is 1060. The third-order valence-electron chi connectivity index (χ3n) is 5.42. The SMILES string of the molecule is COC(=O)C(c1ccccc1Cl)N1CCN(C(=O)CCc2nc(-c3cccs3)no2)CC1. The van der Waals surface area contributed by atoms with Gasteiger partial charge in [0.25, 0.3) is 0 Å². The maximum Gasteiger partial charge on any atom is 0.327 e. The lowest BCUT2D eigenvalue weighted by atomic mass is 10.0. The molecular formula is C22H23ClN4O4S. The van der Waals surface area contributed by atoms with Gasteiger partial charge in [-0.3, -0.25) is 9.69 Å². The smallest absolute Gasteiger partial charge is 0.327 e. The number of halogens is 1. The van der Waals surface area contributed by atoms with Crippen molar-refractivity contribution in [2.24, 2.45) is 0 Å². The molecule has 1 amide bonds. The van der Waals surface area contributed by atoms with Crippen LogP contribution in [-0.2, 0) is 20.7 Å². The molecule has 3 aromatic rings. The highest BCUT2D eigenvalue weighted by molar-refractivity contribution is 7.13. The number of aromatic nitrogens is 2. The standard InChI is InChI=1S/C22H23ClN4O4S/c1-30-22(29)20(15-5-2-3-6-16(15)23)27-12-10-26(11-13-27)19(28)9-8-18-24-21(25-31-18)17-7-4-14-32-17/h2-7,14,20H,8-13H2,1H3. The van der Waals surface area contributed by atoms with Crippen LogP contribution in [0.3, 0.4) is 0 Å². The minimum atomic E-state index is -0.597. The Morgan fingerprint density at radius 2 is 1.97 bits per heavy atom. The number of amides is 1. The molecule has 0 saturated carbocycles. The first-order chi connectivity index (χ1) is 15.6. The minimum absolute atomic E-state index is 0.0212. The zero-order valence-electron chi connectivity index (χ0n) is 17.6. The minimum Gasteiger partial charge on any atom is -0.468 e. The Labute approximate surface area is 194 Å². The van der Waals surface area contributed by atoms with E-state index in [9.17, 15) is 9.59 Å². The fraction of sp³-hybridized carbons (Fsp3) is 0.364. The summed E-state index contributed by atoms with van der Waals surface area (Å²) in [5, 5.41) is 6.44. The van der Waals surface area contributed by atoms with Crippen molar-refractivity contribution in [3.8, 4) is 10.7 Å². The van der Waals surface area contributed by atoms with Gasteiger partial charge in [0, 0.05) is 44.0 Å². The average Bonchev–Trinajstić information content (AvgIpc) is 3.51. The summed E-state index contributed by atoms with van der Waals surface area (Å²) in [6, 6.07) is 10.5. The molecule has 8 nitrogen and oxygen atoms in total. The number of aryl methyl sites for hydroxylation is 1. The molecule has 0 N–H and O–H groups in total. The number of nitrogens with zero attached hydrogens (tertiary/aromatic N) is 4. The molecule has 4 rings (SSSR count). The summed E-state index contributed by atoms with van der Waals surface area (Å²) >= 11 is 7.87. The number of carbonyl (C=O) groups excluding carboxylic acids is 2. The topological polar surface area (TPSA) is 88.8 Å². The van der Waals surface area contributed by atoms with E-state index in [0.717, 1.165) is 4.88 Å². The lowest BCUT2D eigenvalue weighted by molar-refractivity contribution is -0.148. The molecular weight excluding hydrogens is 452 g/mol. The van der Waals surface area contributed by atoms with E-state index in [1.165, 1.54) is 18.4 Å². The van der Waals surface area contributed by atoms with Crippen LogP contribution in [0.4, 0.5) is 0 Å². The molecule has 2 aromatic heterocycles. The summed E-state index contributed by atoms with van der Waals surface area (Å²) in [5.74, 6) is 0.651. The van der Waals surface area contributed by atoms with Crippen LogP contribution < -0.4 is 0 Å². The van der Waals surface area contributed by atoms with E-state index in [1.54, 1.807) is 11.0 Å². The summed E-state index contributed by atoms with van der Waals surface area (Å²) in [5.41, 5.74) is 0.707. The first-order valence-electron chi connectivity index (χ1n) is 10.3. The lowest BCUT2D eigenvalue weighted by Gasteiger charge is -2.38. The molecule has 0 aliphatic carbocycles. The Kier molecular flexibility index (Phi) is 7.19. The highest BCUT2D eigenvalue weighted by atomic mass is 35.5. The largest absolute Gasteiger partial charge is 0.468 e. The van der Waals surface area contributed by atoms with Crippen molar-refractivity contribution in [1.29, 1.82) is 0 Å². The molecule has 3 heterocycles. The van der Waals surface area contributed by atoms with Crippen LogP contribution in [0.1, 0.15) is 23.9 Å². The molecule has 1 aliphatic heterocycles. The van der Waals surface area contributed by atoms with Crippen LogP contribution in [0.2, 0.25) is 5.02 Å². The van der Waals surface area contributed by atoms with Gasteiger partial charge in [0.1, 0.15) is 6.04 Å². The molecule has 1 aromatic carbocycles. The van der Waals surface area contributed by atoms with Gasteiger partial charge in [0.2, 0.25) is 17.6 Å². The van der Waals surface area contributed by atoms with Crippen LogP contribution >= 0.6 is 22.9 Å². The number of esters is 1. The van der Waals surface area contributed by atoms with Crippen molar-refractivity contribution in [1.82, 2.24) is 19.9 Å². The number of hydrogen-bond donors (Lipinski definition) is 0. The summed E-state index contributed by atoms with van der Waals surface area (Å²) in [6.45, 7) is 2.11. The third kappa shape index (κ3) is 5.01. The molecule has 32 heavy (non-hydrogen) atoms. The second-order valence-electron chi connectivity index (χ2n) is 7.35. The number of hydrogen-bond acceptors (Lipinski definition) is 8. The van der Waals surface area contributed by atoms with Gasteiger partial charge >= 0.3 is 5.97 Å². The number of rotatable bonds is 7. The van der Waals surface area contributed by atoms with Crippen molar-refractivity contribution >= 4 is 34.8 Å². The predicted octanol–water partition coefficient (Wildman–Crippen LogP) is 3.44. The van der Waals surface area contributed by atoms with E-state index in [1.807, 2.05) is 40.6 Å². The highest BCUT2D eigenvalue weighted by Gasteiger charge is 2.33. The van der Waals surface area contributed by atoms with E-state index in [4.69, 9.17) is 20.9 Å². The lowest BCUT2D eigenvalue weighted by Crippen LogP contribution is -2.51.